The first kappa shape index (κ1) is 28.8. The Kier molecular flexibility index (Phi) is 9.22. The van der Waals surface area contributed by atoms with Gasteiger partial charge in [0.1, 0.15) is 12.6 Å². The highest BCUT2D eigenvalue weighted by atomic mass is 32.2. The molecular weight excluding hydrogens is 522 g/mol. The number of benzene rings is 4. The lowest BCUT2D eigenvalue weighted by Gasteiger charge is -2.34. The minimum atomic E-state index is -3.85. The molecule has 7 nitrogen and oxygen atoms in total. The molecule has 4 aromatic rings. The van der Waals surface area contributed by atoms with Crippen LogP contribution in [-0.2, 0) is 32.6 Å². The molecular formula is C32H35N3O4S. The first-order valence-electron chi connectivity index (χ1n) is 13.3. The molecule has 0 aromatic heterocycles. The van der Waals surface area contributed by atoms with Crippen LogP contribution in [0.2, 0.25) is 0 Å². The SMILES string of the molecule is CC(C)NC(=O)[C@@H](Cc1ccccc1)N(Cc1ccccc1)C(=O)CN(c1cccc2ccccc12)S(C)(=O)=O. The second-order valence-electron chi connectivity index (χ2n) is 10.1. The van der Waals surface area contributed by atoms with Gasteiger partial charge in [-0.25, -0.2) is 8.42 Å². The normalized spacial score (nSPS) is 12.2. The third-order valence-electron chi connectivity index (χ3n) is 6.61. The number of fused-ring (bicyclic) bond motifs is 1. The van der Waals surface area contributed by atoms with Crippen molar-refractivity contribution in [3.05, 3.63) is 114 Å². The van der Waals surface area contributed by atoms with E-state index in [1.54, 1.807) is 12.1 Å². The predicted octanol–water partition coefficient (Wildman–Crippen LogP) is 4.77. The summed E-state index contributed by atoms with van der Waals surface area (Å²) in [6.07, 6.45) is 1.38. The maximum absolute atomic E-state index is 14.2. The van der Waals surface area contributed by atoms with Gasteiger partial charge in [0, 0.05) is 24.4 Å². The van der Waals surface area contributed by atoms with Crippen molar-refractivity contribution < 1.29 is 18.0 Å². The molecule has 0 unspecified atom stereocenters. The van der Waals surface area contributed by atoms with Gasteiger partial charge in [-0.05, 0) is 36.4 Å². The van der Waals surface area contributed by atoms with Crippen molar-refractivity contribution in [2.45, 2.75) is 38.9 Å². The topological polar surface area (TPSA) is 86.8 Å². The van der Waals surface area contributed by atoms with Crippen molar-refractivity contribution in [2.24, 2.45) is 0 Å². The Balaban J connectivity index is 1.77. The fourth-order valence-corrected chi connectivity index (χ4v) is 5.60. The average Bonchev–Trinajstić information content (AvgIpc) is 2.93. The van der Waals surface area contributed by atoms with Crippen molar-refractivity contribution in [3.63, 3.8) is 0 Å². The number of nitrogens with one attached hydrogen (secondary N) is 1. The summed E-state index contributed by atoms with van der Waals surface area (Å²) >= 11 is 0. The molecule has 0 spiro atoms. The lowest BCUT2D eigenvalue weighted by Crippen LogP contribution is -2.54. The Labute approximate surface area is 236 Å². The molecule has 4 rings (SSSR count). The van der Waals surface area contributed by atoms with Crippen molar-refractivity contribution in [1.29, 1.82) is 0 Å². The van der Waals surface area contributed by atoms with E-state index in [1.807, 2.05) is 105 Å². The fourth-order valence-electron chi connectivity index (χ4n) is 4.74. The van der Waals surface area contributed by atoms with Crippen molar-refractivity contribution >= 4 is 38.3 Å². The van der Waals surface area contributed by atoms with Crippen LogP contribution in [0.1, 0.15) is 25.0 Å². The first-order chi connectivity index (χ1) is 19.1. The summed E-state index contributed by atoms with van der Waals surface area (Å²) < 4.78 is 27.4. The van der Waals surface area contributed by atoms with Gasteiger partial charge in [0.05, 0.1) is 11.9 Å². The second kappa shape index (κ2) is 12.8. The lowest BCUT2D eigenvalue weighted by atomic mass is 10.0. The van der Waals surface area contributed by atoms with Gasteiger partial charge in [-0.2, -0.15) is 0 Å². The molecule has 0 saturated carbocycles. The fraction of sp³-hybridized carbons (Fsp3) is 0.250. The Hall–Kier alpha value is -4.17. The van der Waals surface area contributed by atoms with Gasteiger partial charge in [0.25, 0.3) is 0 Å². The highest BCUT2D eigenvalue weighted by molar-refractivity contribution is 7.92. The quantitative estimate of drug-likeness (QED) is 0.288. The van der Waals surface area contributed by atoms with E-state index in [2.05, 4.69) is 5.32 Å². The molecule has 0 fully saturated rings. The van der Waals surface area contributed by atoms with Gasteiger partial charge in [-0.1, -0.05) is 97.1 Å². The molecule has 1 atom stereocenters. The molecule has 8 heteroatoms. The van der Waals surface area contributed by atoms with E-state index in [4.69, 9.17) is 0 Å². The van der Waals surface area contributed by atoms with Gasteiger partial charge in [-0.15, -0.1) is 0 Å². The van der Waals surface area contributed by atoms with Crippen LogP contribution in [0.4, 0.5) is 5.69 Å². The van der Waals surface area contributed by atoms with E-state index in [0.29, 0.717) is 5.69 Å². The van der Waals surface area contributed by atoms with Crippen molar-refractivity contribution in [2.75, 3.05) is 17.1 Å². The molecule has 4 aromatic carbocycles. The predicted molar refractivity (Wildman–Crippen MR) is 160 cm³/mol. The largest absolute Gasteiger partial charge is 0.352 e. The number of rotatable bonds is 11. The number of hydrogen-bond donors (Lipinski definition) is 1. The van der Waals surface area contributed by atoms with Crippen LogP contribution in [0, 0.1) is 0 Å². The number of amides is 2. The van der Waals surface area contributed by atoms with Crippen molar-refractivity contribution in [1.82, 2.24) is 10.2 Å². The Morgan fingerprint density at radius 2 is 1.35 bits per heavy atom. The zero-order chi connectivity index (χ0) is 28.7. The third-order valence-corrected chi connectivity index (χ3v) is 7.74. The number of carbonyl (C=O) groups is 2. The Bertz CT molecular complexity index is 1550. The smallest absolute Gasteiger partial charge is 0.244 e. The Morgan fingerprint density at radius 1 is 0.775 bits per heavy atom. The summed E-state index contributed by atoms with van der Waals surface area (Å²) in [6, 6.07) is 30.7. The van der Waals surface area contributed by atoms with E-state index in [9.17, 15) is 18.0 Å². The van der Waals surface area contributed by atoms with E-state index in [0.717, 1.165) is 32.5 Å². The molecule has 1 N–H and O–H groups in total. The third kappa shape index (κ3) is 7.27. The monoisotopic (exact) mass is 557 g/mol. The van der Waals surface area contributed by atoms with Crippen molar-refractivity contribution in [3.8, 4) is 0 Å². The van der Waals surface area contributed by atoms with Gasteiger partial charge < -0.3 is 10.2 Å². The molecule has 0 saturated heterocycles. The molecule has 0 aliphatic carbocycles. The zero-order valence-electron chi connectivity index (χ0n) is 23.0. The van der Waals surface area contributed by atoms with Crippen LogP contribution in [0.5, 0.6) is 0 Å². The number of nitrogens with zero attached hydrogens (tertiary/aromatic N) is 2. The molecule has 40 heavy (non-hydrogen) atoms. The van der Waals surface area contributed by atoms with E-state index in [-0.39, 0.29) is 24.9 Å². The lowest BCUT2D eigenvalue weighted by molar-refractivity contribution is -0.140. The second-order valence-corrected chi connectivity index (χ2v) is 12.1. The van der Waals surface area contributed by atoms with Gasteiger partial charge in [0.15, 0.2) is 0 Å². The van der Waals surface area contributed by atoms with E-state index >= 15 is 0 Å². The summed E-state index contributed by atoms with van der Waals surface area (Å²) in [7, 11) is -3.85. The number of sulfonamides is 1. The Morgan fingerprint density at radius 3 is 1.98 bits per heavy atom. The minimum Gasteiger partial charge on any atom is -0.352 e. The maximum Gasteiger partial charge on any atom is 0.244 e. The summed E-state index contributed by atoms with van der Waals surface area (Å²) in [6.45, 7) is 3.44. The number of hydrogen-bond acceptors (Lipinski definition) is 4. The van der Waals surface area contributed by atoms with Gasteiger partial charge >= 0.3 is 0 Å². The average molecular weight is 558 g/mol. The molecule has 208 valence electrons. The molecule has 2 amide bonds. The van der Waals surface area contributed by atoms with Gasteiger partial charge in [0.2, 0.25) is 21.8 Å². The summed E-state index contributed by atoms with van der Waals surface area (Å²) in [5.41, 5.74) is 2.15. The number of anilines is 1. The van der Waals surface area contributed by atoms with Crippen LogP contribution < -0.4 is 9.62 Å². The van der Waals surface area contributed by atoms with Crippen LogP contribution in [-0.4, -0.2) is 50.0 Å². The van der Waals surface area contributed by atoms with Crippen LogP contribution in [0.15, 0.2) is 103 Å². The molecule has 0 radical (unpaired) electrons. The molecule has 0 aliphatic heterocycles. The van der Waals surface area contributed by atoms with E-state index in [1.165, 1.54) is 4.90 Å². The first-order valence-corrected chi connectivity index (χ1v) is 15.1. The summed E-state index contributed by atoms with van der Waals surface area (Å²) in [5, 5.41) is 4.54. The number of carbonyl (C=O) groups excluding carboxylic acids is 2. The molecule has 0 heterocycles. The highest BCUT2D eigenvalue weighted by Gasteiger charge is 2.33. The highest BCUT2D eigenvalue weighted by Crippen LogP contribution is 2.29. The standard InChI is InChI=1S/C32H35N3O4S/c1-24(2)33-32(37)30(21-25-13-6-4-7-14-25)34(22-26-15-8-5-9-16-26)31(36)23-35(40(3,38)39)29-20-12-18-27-17-10-11-19-28(27)29/h4-20,24,30H,21-23H2,1-3H3,(H,33,37)/t30-/m1/s1. The summed E-state index contributed by atoms with van der Waals surface area (Å²) in [4.78, 5) is 29.3. The molecule has 0 bridgehead atoms. The van der Waals surface area contributed by atoms with Crippen LogP contribution in [0.25, 0.3) is 10.8 Å². The van der Waals surface area contributed by atoms with Crippen LogP contribution >= 0.6 is 0 Å². The maximum atomic E-state index is 14.2. The van der Waals surface area contributed by atoms with E-state index < -0.39 is 28.5 Å². The summed E-state index contributed by atoms with van der Waals surface area (Å²) in [5.74, 6) is -0.763. The van der Waals surface area contributed by atoms with Gasteiger partial charge in [-0.3, -0.25) is 13.9 Å². The zero-order valence-corrected chi connectivity index (χ0v) is 23.8. The molecule has 0 aliphatic rings. The van der Waals surface area contributed by atoms with Crippen LogP contribution in [0.3, 0.4) is 0 Å². The minimum absolute atomic E-state index is 0.136.